The molecule has 0 radical (unpaired) electrons. The van der Waals surface area contributed by atoms with Gasteiger partial charge in [-0.25, -0.2) is 4.39 Å². The van der Waals surface area contributed by atoms with Gasteiger partial charge in [-0.3, -0.25) is 4.99 Å². The van der Waals surface area contributed by atoms with Gasteiger partial charge in [0.05, 0.1) is 5.69 Å². The standard InChI is InChI=1S/C15H18FN/c1-10-8-12-14(9-13(10)16)17-11(2)15(12)6-4-3-5-7-15/h8-9H,3-7H2,1-2H3. The van der Waals surface area contributed by atoms with E-state index < -0.39 is 0 Å². The maximum atomic E-state index is 13.6. The maximum absolute atomic E-state index is 13.6. The first-order valence-corrected chi connectivity index (χ1v) is 6.50. The third-order valence-electron chi connectivity index (χ3n) is 4.48. The zero-order valence-electron chi connectivity index (χ0n) is 10.5. The molecule has 2 heteroatoms. The minimum absolute atomic E-state index is 0.131. The molecule has 1 aromatic rings. The first-order valence-electron chi connectivity index (χ1n) is 6.50. The topological polar surface area (TPSA) is 12.4 Å². The maximum Gasteiger partial charge on any atom is 0.128 e. The summed E-state index contributed by atoms with van der Waals surface area (Å²) in [4.78, 5) is 4.61. The quantitative estimate of drug-likeness (QED) is 0.626. The molecule has 0 atom stereocenters. The minimum atomic E-state index is -0.131. The van der Waals surface area contributed by atoms with Gasteiger partial charge in [0.15, 0.2) is 0 Å². The zero-order valence-corrected chi connectivity index (χ0v) is 10.5. The fraction of sp³-hybridized carbons (Fsp3) is 0.533. The lowest BCUT2D eigenvalue weighted by atomic mass is 9.67. The van der Waals surface area contributed by atoms with Crippen molar-refractivity contribution in [1.29, 1.82) is 0 Å². The van der Waals surface area contributed by atoms with Crippen molar-refractivity contribution in [2.24, 2.45) is 4.99 Å². The first kappa shape index (κ1) is 10.9. The number of benzene rings is 1. The van der Waals surface area contributed by atoms with Crippen LogP contribution in [0.5, 0.6) is 0 Å². The van der Waals surface area contributed by atoms with Crippen molar-refractivity contribution >= 4 is 11.4 Å². The summed E-state index contributed by atoms with van der Waals surface area (Å²) in [6, 6.07) is 3.63. The Morgan fingerprint density at radius 2 is 1.82 bits per heavy atom. The van der Waals surface area contributed by atoms with Crippen molar-refractivity contribution in [2.75, 3.05) is 0 Å². The van der Waals surface area contributed by atoms with Crippen LogP contribution in [-0.4, -0.2) is 5.71 Å². The van der Waals surface area contributed by atoms with E-state index in [0.29, 0.717) is 0 Å². The molecule has 1 spiro atoms. The van der Waals surface area contributed by atoms with Crippen LogP contribution in [0.15, 0.2) is 17.1 Å². The molecule has 90 valence electrons. The highest BCUT2D eigenvalue weighted by atomic mass is 19.1. The molecule has 0 bridgehead atoms. The fourth-order valence-corrected chi connectivity index (χ4v) is 3.42. The summed E-state index contributed by atoms with van der Waals surface area (Å²) in [6.07, 6.45) is 6.22. The number of halogens is 1. The first-order chi connectivity index (χ1) is 8.13. The van der Waals surface area contributed by atoms with Crippen molar-refractivity contribution in [3.8, 4) is 0 Å². The van der Waals surface area contributed by atoms with Crippen molar-refractivity contribution in [1.82, 2.24) is 0 Å². The lowest BCUT2D eigenvalue weighted by molar-refractivity contribution is 0.384. The number of rotatable bonds is 0. The van der Waals surface area contributed by atoms with Crippen LogP contribution in [0.4, 0.5) is 10.1 Å². The van der Waals surface area contributed by atoms with Crippen LogP contribution >= 0.6 is 0 Å². The van der Waals surface area contributed by atoms with E-state index in [1.165, 1.54) is 43.4 Å². The summed E-state index contributed by atoms with van der Waals surface area (Å²) < 4.78 is 13.6. The largest absolute Gasteiger partial charge is 0.257 e. The molecule has 0 N–H and O–H groups in total. The third-order valence-corrected chi connectivity index (χ3v) is 4.48. The van der Waals surface area contributed by atoms with Crippen LogP contribution in [0.2, 0.25) is 0 Å². The third kappa shape index (κ3) is 1.46. The number of nitrogens with zero attached hydrogens (tertiary/aromatic N) is 1. The molecule has 1 aliphatic carbocycles. The van der Waals surface area contributed by atoms with E-state index in [4.69, 9.17) is 0 Å². The number of aryl methyl sites for hydroxylation is 1. The smallest absolute Gasteiger partial charge is 0.128 e. The van der Waals surface area contributed by atoms with Crippen molar-refractivity contribution in [3.63, 3.8) is 0 Å². The highest BCUT2D eigenvalue weighted by Crippen LogP contribution is 2.49. The van der Waals surface area contributed by atoms with Crippen LogP contribution < -0.4 is 0 Å². The predicted octanol–water partition coefficient (Wildman–Crippen LogP) is 4.44. The molecule has 3 rings (SSSR count). The molecular formula is C15H18FN. The predicted molar refractivity (Wildman–Crippen MR) is 68.7 cm³/mol. The Hall–Kier alpha value is -1.18. The average molecular weight is 231 g/mol. The summed E-state index contributed by atoms with van der Waals surface area (Å²) in [6.45, 7) is 3.96. The van der Waals surface area contributed by atoms with E-state index in [1.807, 2.05) is 13.0 Å². The van der Waals surface area contributed by atoms with Crippen molar-refractivity contribution in [3.05, 3.63) is 29.1 Å². The Balaban J connectivity index is 2.16. The summed E-state index contributed by atoms with van der Waals surface area (Å²) in [5.41, 5.74) is 4.21. The fourth-order valence-electron chi connectivity index (χ4n) is 3.42. The molecule has 1 saturated carbocycles. The lowest BCUT2D eigenvalue weighted by Gasteiger charge is -2.35. The van der Waals surface area contributed by atoms with Crippen molar-refractivity contribution < 1.29 is 4.39 Å². The molecule has 1 heterocycles. The Morgan fingerprint density at radius 1 is 1.12 bits per heavy atom. The highest BCUT2D eigenvalue weighted by Gasteiger charge is 2.42. The number of hydrogen-bond acceptors (Lipinski definition) is 1. The molecule has 1 nitrogen and oxygen atoms in total. The van der Waals surface area contributed by atoms with Crippen LogP contribution in [0, 0.1) is 12.7 Å². The summed E-state index contributed by atoms with van der Waals surface area (Å²) >= 11 is 0. The van der Waals surface area contributed by atoms with Crippen LogP contribution in [0.25, 0.3) is 0 Å². The van der Waals surface area contributed by atoms with Gasteiger partial charge in [-0.1, -0.05) is 25.3 Å². The molecule has 1 aliphatic heterocycles. The monoisotopic (exact) mass is 231 g/mol. The van der Waals surface area contributed by atoms with Gasteiger partial charge in [0, 0.05) is 17.2 Å². The molecule has 2 aliphatic rings. The van der Waals surface area contributed by atoms with Gasteiger partial charge in [0.1, 0.15) is 5.82 Å². The Labute approximate surface area is 102 Å². The second-order valence-corrected chi connectivity index (χ2v) is 5.46. The van der Waals surface area contributed by atoms with E-state index in [1.54, 1.807) is 6.07 Å². The molecule has 1 aromatic carbocycles. The van der Waals surface area contributed by atoms with Gasteiger partial charge < -0.3 is 0 Å². The number of hydrogen-bond donors (Lipinski definition) is 0. The lowest BCUT2D eigenvalue weighted by Crippen LogP contribution is -2.33. The van der Waals surface area contributed by atoms with Gasteiger partial charge in [-0.05, 0) is 37.8 Å². The van der Waals surface area contributed by atoms with E-state index in [9.17, 15) is 4.39 Å². The molecule has 0 unspecified atom stereocenters. The van der Waals surface area contributed by atoms with Crippen LogP contribution in [0.1, 0.15) is 50.2 Å². The number of aliphatic imine (C=N–C) groups is 1. The van der Waals surface area contributed by atoms with Gasteiger partial charge in [0.25, 0.3) is 0 Å². The van der Waals surface area contributed by atoms with E-state index in [-0.39, 0.29) is 11.2 Å². The van der Waals surface area contributed by atoms with Gasteiger partial charge in [-0.2, -0.15) is 0 Å². The van der Waals surface area contributed by atoms with Gasteiger partial charge in [0.2, 0.25) is 0 Å². The molecule has 1 fully saturated rings. The second-order valence-electron chi connectivity index (χ2n) is 5.46. The molecule has 0 aromatic heterocycles. The SMILES string of the molecule is CC1=Nc2cc(F)c(C)cc2C12CCCCC2. The normalized spacial score (nSPS) is 21.5. The van der Waals surface area contributed by atoms with E-state index in [2.05, 4.69) is 11.9 Å². The second kappa shape index (κ2) is 3.66. The minimum Gasteiger partial charge on any atom is -0.257 e. The van der Waals surface area contributed by atoms with Gasteiger partial charge in [-0.15, -0.1) is 0 Å². The Kier molecular flexibility index (Phi) is 2.35. The Morgan fingerprint density at radius 3 is 2.53 bits per heavy atom. The average Bonchev–Trinajstić information content (AvgIpc) is 2.56. The zero-order chi connectivity index (χ0) is 12.0. The molecule has 0 amide bonds. The summed E-state index contributed by atoms with van der Waals surface area (Å²) in [5.74, 6) is -0.131. The van der Waals surface area contributed by atoms with E-state index >= 15 is 0 Å². The van der Waals surface area contributed by atoms with E-state index in [0.717, 1.165) is 11.3 Å². The summed E-state index contributed by atoms with van der Waals surface area (Å²) in [7, 11) is 0. The van der Waals surface area contributed by atoms with Crippen molar-refractivity contribution in [2.45, 2.75) is 51.4 Å². The molecular weight excluding hydrogens is 213 g/mol. The molecule has 17 heavy (non-hydrogen) atoms. The van der Waals surface area contributed by atoms with Crippen LogP contribution in [0.3, 0.4) is 0 Å². The Bertz CT molecular complexity index is 496. The van der Waals surface area contributed by atoms with Crippen LogP contribution in [-0.2, 0) is 5.41 Å². The number of fused-ring (bicyclic) bond motifs is 2. The molecule has 0 saturated heterocycles. The van der Waals surface area contributed by atoms with Gasteiger partial charge >= 0.3 is 0 Å². The summed E-state index contributed by atoms with van der Waals surface area (Å²) in [5, 5.41) is 0. The highest BCUT2D eigenvalue weighted by molar-refractivity contribution is 6.00.